The molecule has 1 unspecified atom stereocenters. The van der Waals surface area contributed by atoms with Crippen LogP contribution < -0.4 is 5.32 Å². The summed E-state index contributed by atoms with van der Waals surface area (Å²) in [7, 11) is 0. The van der Waals surface area contributed by atoms with Gasteiger partial charge in [-0.25, -0.2) is 0 Å². The smallest absolute Gasteiger partial charge is 0.0509 e. The maximum Gasteiger partial charge on any atom is 0.0509 e. The van der Waals surface area contributed by atoms with E-state index in [0.717, 1.165) is 25.8 Å². The van der Waals surface area contributed by atoms with Crippen LogP contribution in [0.4, 0.5) is 0 Å². The summed E-state index contributed by atoms with van der Waals surface area (Å²) in [4.78, 5) is 0. The number of rotatable bonds is 4. The van der Waals surface area contributed by atoms with Crippen molar-refractivity contribution in [3.8, 4) is 0 Å². The molecule has 0 fully saturated rings. The fraction of sp³-hybridized carbons (Fsp3) is 0.467. The lowest BCUT2D eigenvalue weighted by Gasteiger charge is -2.23. The summed E-state index contributed by atoms with van der Waals surface area (Å²) in [6, 6.07) is 9.12. The number of aliphatic hydroxyl groups is 1. The third kappa shape index (κ3) is 3.18. The van der Waals surface area contributed by atoms with Gasteiger partial charge in [0.15, 0.2) is 0 Å². The number of benzene rings is 1. The highest BCUT2D eigenvalue weighted by atomic mass is 16.2. The molecule has 2 rings (SSSR count). The molecule has 1 heterocycles. The first kappa shape index (κ1) is 12.3. The normalized spacial score (nSPS) is 20.1. The lowest BCUT2D eigenvalue weighted by atomic mass is 9.96. The van der Waals surface area contributed by atoms with E-state index < -0.39 is 0 Å². The molecular weight excluding hydrogens is 210 g/mol. The molecule has 0 saturated carbocycles. The number of hydrogen-bond acceptors (Lipinski definition) is 2. The molecule has 0 amide bonds. The largest absolute Gasteiger partial charge is 0.396 e. The second kappa shape index (κ2) is 5.99. The second-order valence-corrected chi connectivity index (χ2v) is 4.58. The minimum absolute atomic E-state index is 0.257. The van der Waals surface area contributed by atoms with Gasteiger partial charge in [-0.15, -0.1) is 0 Å². The van der Waals surface area contributed by atoms with E-state index in [1.54, 1.807) is 0 Å². The van der Waals surface area contributed by atoms with Crippen molar-refractivity contribution in [3.63, 3.8) is 0 Å². The Kier molecular flexibility index (Phi) is 4.35. The van der Waals surface area contributed by atoms with Crippen molar-refractivity contribution < 1.29 is 5.11 Å². The number of aryl methyl sites for hydroxylation is 1. The van der Waals surface area contributed by atoms with Crippen molar-refractivity contribution in [2.45, 2.75) is 32.2 Å². The van der Waals surface area contributed by atoms with E-state index in [2.05, 4.69) is 42.6 Å². The Hall–Kier alpha value is -1.12. The molecule has 2 nitrogen and oxygen atoms in total. The van der Waals surface area contributed by atoms with Crippen LogP contribution in [0, 0.1) is 0 Å². The number of aliphatic hydroxyl groups excluding tert-OH is 1. The molecule has 1 aliphatic rings. The summed E-state index contributed by atoms with van der Waals surface area (Å²) in [5.41, 5.74) is 4.07. The summed E-state index contributed by atoms with van der Waals surface area (Å²) in [6.07, 6.45) is 5.22. The highest BCUT2D eigenvalue weighted by Crippen LogP contribution is 2.23. The fourth-order valence-electron chi connectivity index (χ4n) is 2.29. The van der Waals surface area contributed by atoms with Crippen molar-refractivity contribution >= 4 is 0 Å². The lowest BCUT2D eigenvalue weighted by molar-refractivity contribution is 0.296. The summed E-state index contributed by atoms with van der Waals surface area (Å²) in [5, 5.41) is 12.5. The second-order valence-electron chi connectivity index (χ2n) is 4.58. The predicted octanol–water partition coefficient (Wildman–Crippen LogP) is 2.59. The van der Waals surface area contributed by atoms with Gasteiger partial charge in [0.25, 0.3) is 0 Å². The molecule has 2 N–H and O–H groups in total. The van der Waals surface area contributed by atoms with Crippen molar-refractivity contribution in [2.75, 3.05) is 13.2 Å². The van der Waals surface area contributed by atoms with E-state index >= 15 is 0 Å². The van der Waals surface area contributed by atoms with Crippen LogP contribution in [-0.4, -0.2) is 18.3 Å². The van der Waals surface area contributed by atoms with Crippen LogP contribution >= 0.6 is 0 Å². The van der Waals surface area contributed by atoms with Gasteiger partial charge in [0.2, 0.25) is 0 Å². The van der Waals surface area contributed by atoms with Gasteiger partial charge in [-0.05, 0) is 36.9 Å². The van der Waals surface area contributed by atoms with Crippen molar-refractivity contribution in [1.29, 1.82) is 0 Å². The first-order valence-corrected chi connectivity index (χ1v) is 6.46. The Balaban J connectivity index is 2.12. The number of hydrogen-bond donors (Lipinski definition) is 2. The summed E-state index contributed by atoms with van der Waals surface area (Å²) in [6.45, 7) is 3.44. The summed E-state index contributed by atoms with van der Waals surface area (Å²) in [5.74, 6) is 0. The van der Waals surface area contributed by atoms with Gasteiger partial charge in [0.1, 0.15) is 0 Å². The van der Waals surface area contributed by atoms with E-state index in [4.69, 9.17) is 5.11 Å². The van der Waals surface area contributed by atoms with Gasteiger partial charge in [-0.3, -0.25) is 0 Å². The Morgan fingerprint density at radius 2 is 2.06 bits per heavy atom. The zero-order chi connectivity index (χ0) is 12.1. The maximum atomic E-state index is 8.98. The van der Waals surface area contributed by atoms with Crippen LogP contribution in [0.25, 0.3) is 0 Å². The molecule has 0 spiro atoms. The molecule has 1 aliphatic heterocycles. The van der Waals surface area contributed by atoms with Gasteiger partial charge < -0.3 is 10.4 Å². The van der Waals surface area contributed by atoms with Gasteiger partial charge in [-0.1, -0.05) is 42.8 Å². The Labute approximate surface area is 103 Å². The minimum atomic E-state index is 0.257. The van der Waals surface area contributed by atoms with Gasteiger partial charge in [-0.2, -0.15) is 0 Å². The predicted molar refractivity (Wildman–Crippen MR) is 71.0 cm³/mol. The molecule has 2 heteroatoms. The van der Waals surface area contributed by atoms with Crippen LogP contribution in [0.3, 0.4) is 0 Å². The minimum Gasteiger partial charge on any atom is -0.396 e. The van der Waals surface area contributed by atoms with Crippen LogP contribution in [0.5, 0.6) is 0 Å². The molecular formula is C15H21NO. The van der Waals surface area contributed by atoms with Crippen LogP contribution in [0.2, 0.25) is 0 Å². The van der Waals surface area contributed by atoms with E-state index in [0.29, 0.717) is 6.04 Å². The molecule has 1 aromatic rings. The molecule has 1 atom stereocenters. The molecule has 1 aromatic carbocycles. The average Bonchev–Trinajstić information content (AvgIpc) is 2.40. The van der Waals surface area contributed by atoms with Gasteiger partial charge in [0, 0.05) is 6.61 Å². The molecule has 0 saturated heterocycles. The first-order valence-electron chi connectivity index (χ1n) is 6.46. The first-order chi connectivity index (χ1) is 8.33. The van der Waals surface area contributed by atoms with Crippen LogP contribution in [0.15, 0.2) is 35.9 Å². The molecule has 0 aliphatic carbocycles. The van der Waals surface area contributed by atoms with Crippen molar-refractivity contribution in [2.24, 2.45) is 0 Å². The summed E-state index contributed by atoms with van der Waals surface area (Å²) >= 11 is 0. The molecule has 17 heavy (non-hydrogen) atoms. The highest BCUT2D eigenvalue weighted by molar-refractivity contribution is 5.29. The highest BCUT2D eigenvalue weighted by Gasteiger charge is 2.13. The maximum absolute atomic E-state index is 8.98. The topological polar surface area (TPSA) is 32.3 Å². The standard InChI is InChI=1S/C15H21NO/c1-2-12-3-5-14(6-4-12)15-11-13(8-10-17)7-9-16-15/h3-6,11,15-17H,2,7-10H2,1H3. The number of nitrogens with one attached hydrogen (secondary N) is 1. The van der Waals surface area contributed by atoms with E-state index in [9.17, 15) is 0 Å². The zero-order valence-corrected chi connectivity index (χ0v) is 10.4. The van der Waals surface area contributed by atoms with Crippen molar-refractivity contribution in [3.05, 3.63) is 47.0 Å². The molecule has 92 valence electrons. The average molecular weight is 231 g/mol. The fourth-order valence-corrected chi connectivity index (χ4v) is 2.29. The quantitative estimate of drug-likeness (QED) is 0.781. The van der Waals surface area contributed by atoms with Gasteiger partial charge in [0.05, 0.1) is 6.04 Å². The summed E-state index contributed by atoms with van der Waals surface area (Å²) < 4.78 is 0. The van der Waals surface area contributed by atoms with Crippen LogP contribution in [0.1, 0.15) is 36.9 Å². The molecule has 0 bridgehead atoms. The molecule has 0 aromatic heterocycles. The van der Waals surface area contributed by atoms with E-state index in [1.165, 1.54) is 16.7 Å². The Morgan fingerprint density at radius 1 is 1.29 bits per heavy atom. The van der Waals surface area contributed by atoms with Gasteiger partial charge >= 0.3 is 0 Å². The monoisotopic (exact) mass is 231 g/mol. The SMILES string of the molecule is CCc1ccc(C2C=C(CCO)CCN2)cc1. The third-order valence-corrected chi connectivity index (χ3v) is 3.39. The van der Waals surface area contributed by atoms with Crippen LogP contribution in [-0.2, 0) is 6.42 Å². The third-order valence-electron chi connectivity index (χ3n) is 3.39. The lowest BCUT2D eigenvalue weighted by Crippen LogP contribution is -2.25. The zero-order valence-electron chi connectivity index (χ0n) is 10.4. The Bertz CT molecular complexity index is 380. The van der Waals surface area contributed by atoms with E-state index in [1.807, 2.05) is 0 Å². The van der Waals surface area contributed by atoms with E-state index in [-0.39, 0.29) is 6.61 Å². The van der Waals surface area contributed by atoms with Crippen molar-refractivity contribution in [1.82, 2.24) is 5.32 Å². The Morgan fingerprint density at radius 3 is 2.71 bits per heavy atom. The molecule has 0 radical (unpaired) electrons.